The van der Waals surface area contributed by atoms with E-state index >= 15 is 0 Å². The van der Waals surface area contributed by atoms with E-state index in [0.29, 0.717) is 25.0 Å². The molecule has 0 spiro atoms. The number of rotatable bonds is 9. The van der Waals surface area contributed by atoms with Crippen LogP contribution in [0.1, 0.15) is 34.1 Å². The molecule has 3 atom stereocenters. The number of hydrogen-bond donors (Lipinski definition) is 2. The maximum atomic E-state index is 11.9. The van der Waals surface area contributed by atoms with Crippen LogP contribution < -0.4 is 5.32 Å². The predicted molar refractivity (Wildman–Crippen MR) is 79.1 cm³/mol. The normalized spacial score (nSPS) is 21.8. The van der Waals surface area contributed by atoms with E-state index in [0.717, 1.165) is 6.42 Å². The molecule has 6 nitrogen and oxygen atoms in total. The van der Waals surface area contributed by atoms with Gasteiger partial charge in [0.05, 0.1) is 12.6 Å². The molecule has 7 heteroatoms. The van der Waals surface area contributed by atoms with E-state index in [1.54, 1.807) is 0 Å². The van der Waals surface area contributed by atoms with E-state index in [2.05, 4.69) is 33.0 Å². The molecule has 1 aliphatic rings. The van der Waals surface area contributed by atoms with Gasteiger partial charge in [-0.3, -0.25) is 4.79 Å². The Morgan fingerprint density at radius 2 is 1.76 bits per heavy atom. The molecule has 0 aromatic heterocycles. The summed E-state index contributed by atoms with van der Waals surface area (Å²) in [6, 6.07) is -0.111. The quantitative estimate of drug-likeness (QED) is 0.482. The summed E-state index contributed by atoms with van der Waals surface area (Å²) in [5.41, 5.74) is 0. The summed E-state index contributed by atoms with van der Waals surface area (Å²) in [5.74, 6) is -0.607. The maximum Gasteiger partial charge on any atom is 0.336 e. The van der Waals surface area contributed by atoms with Crippen LogP contribution in [0.5, 0.6) is 0 Å². The Labute approximate surface area is 148 Å². The van der Waals surface area contributed by atoms with Gasteiger partial charge in [0.2, 0.25) is 0 Å². The van der Waals surface area contributed by atoms with Crippen molar-refractivity contribution in [3.05, 3.63) is 0 Å². The predicted octanol–water partition coefficient (Wildman–Crippen LogP) is 0.661. The van der Waals surface area contributed by atoms with Crippen LogP contribution in [0, 0.1) is 11.8 Å². The number of aliphatic carboxylic acids is 1. The van der Waals surface area contributed by atoms with Crippen molar-refractivity contribution in [3.63, 3.8) is 0 Å². The molecule has 1 heterocycles. The molecule has 1 amide bonds. The first-order valence-corrected chi connectivity index (χ1v) is 7.07. The summed E-state index contributed by atoms with van der Waals surface area (Å²) in [6.45, 7) is 9.33. The molecule has 0 aliphatic carbocycles. The van der Waals surface area contributed by atoms with Crippen LogP contribution in [0.15, 0.2) is 0 Å². The van der Waals surface area contributed by atoms with Crippen LogP contribution in [0.2, 0.25) is 0 Å². The first-order valence-electron chi connectivity index (χ1n) is 7.07. The molecule has 0 unspecified atom stereocenters. The first-order chi connectivity index (χ1) is 9.31. The Kier molecular flexibility index (Phi) is 9.73. The SMILES string of the molecule is CC(C)COC[C@H](CC(C)C)NC(=O)[C@H]1O[C@@H]1C(=O)O.[Na]. The fraction of sp³-hybridized carbons (Fsp3) is 0.857. The van der Waals surface area contributed by atoms with Gasteiger partial charge in [0.25, 0.3) is 5.91 Å². The zero-order chi connectivity index (χ0) is 15.3. The molecule has 1 rings (SSSR count). The summed E-state index contributed by atoms with van der Waals surface area (Å²) in [7, 11) is 0. The third-order valence-electron chi connectivity index (χ3n) is 2.87. The van der Waals surface area contributed by atoms with Crippen LogP contribution in [0.4, 0.5) is 0 Å². The van der Waals surface area contributed by atoms with E-state index in [-0.39, 0.29) is 41.5 Å². The fourth-order valence-electron chi connectivity index (χ4n) is 1.97. The molecule has 1 fully saturated rings. The zero-order valence-electron chi connectivity index (χ0n) is 13.6. The maximum absolute atomic E-state index is 11.9. The monoisotopic (exact) mass is 310 g/mol. The molecule has 2 N–H and O–H groups in total. The minimum absolute atomic E-state index is 0. The molecule has 0 aromatic carbocycles. The van der Waals surface area contributed by atoms with Gasteiger partial charge in [-0.1, -0.05) is 27.7 Å². The fourth-order valence-corrected chi connectivity index (χ4v) is 1.97. The number of nitrogens with one attached hydrogen (secondary N) is 1. The number of hydrogen-bond acceptors (Lipinski definition) is 4. The number of carbonyl (C=O) groups excluding carboxylic acids is 1. The van der Waals surface area contributed by atoms with Gasteiger partial charge in [-0.05, 0) is 18.3 Å². The summed E-state index contributed by atoms with van der Waals surface area (Å²) in [5, 5.41) is 11.5. The van der Waals surface area contributed by atoms with Crippen molar-refractivity contribution in [1.29, 1.82) is 0 Å². The van der Waals surface area contributed by atoms with E-state index < -0.39 is 18.2 Å². The summed E-state index contributed by atoms with van der Waals surface area (Å²) < 4.78 is 10.4. The van der Waals surface area contributed by atoms with Crippen molar-refractivity contribution in [2.75, 3.05) is 13.2 Å². The van der Waals surface area contributed by atoms with Crippen LogP contribution in [-0.2, 0) is 19.1 Å². The van der Waals surface area contributed by atoms with Crippen molar-refractivity contribution >= 4 is 41.4 Å². The standard InChI is InChI=1S/C14H25NO5.Na/c1-8(2)5-10(7-19-6-9(3)4)15-13(16)11-12(20-11)14(17)18;/h8-12H,5-7H2,1-4H3,(H,15,16)(H,17,18);/t10-,11-,12-;/m0./s1. The van der Waals surface area contributed by atoms with Gasteiger partial charge in [0.15, 0.2) is 12.2 Å². The molecule has 1 aliphatic heterocycles. The number of epoxide rings is 1. The molecule has 0 bridgehead atoms. The molecular weight excluding hydrogens is 285 g/mol. The number of amides is 1. The van der Waals surface area contributed by atoms with E-state index in [4.69, 9.17) is 14.6 Å². The van der Waals surface area contributed by atoms with Gasteiger partial charge in [0.1, 0.15) is 0 Å². The van der Waals surface area contributed by atoms with Crippen molar-refractivity contribution < 1.29 is 24.2 Å². The van der Waals surface area contributed by atoms with Crippen molar-refractivity contribution in [3.8, 4) is 0 Å². The van der Waals surface area contributed by atoms with Crippen molar-refractivity contribution in [1.82, 2.24) is 5.32 Å². The summed E-state index contributed by atoms with van der Waals surface area (Å²) in [4.78, 5) is 22.5. The third kappa shape index (κ3) is 8.16. The summed E-state index contributed by atoms with van der Waals surface area (Å²) in [6.07, 6.45) is -1.06. The van der Waals surface area contributed by atoms with Gasteiger partial charge in [0, 0.05) is 36.2 Å². The minimum Gasteiger partial charge on any atom is -0.479 e. The Hall–Kier alpha value is -0.140. The van der Waals surface area contributed by atoms with Gasteiger partial charge in [-0.25, -0.2) is 4.79 Å². The Bertz CT molecular complexity index is 348. The van der Waals surface area contributed by atoms with E-state index in [1.165, 1.54) is 0 Å². The van der Waals surface area contributed by atoms with Gasteiger partial charge < -0.3 is 19.9 Å². The van der Waals surface area contributed by atoms with Crippen molar-refractivity contribution in [2.45, 2.75) is 52.4 Å². The molecule has 117 valence electrons. The second-order valence-electron chi connectivity index (χ2n) is 6.08. The molecule has 0 saturated carbocycles. The second-order valence-corrected chi connectivity index (χ2v) is 6.08. The Morgan fingerprint density at radius 1 is 1.14 bits per heavy atom. The molecule has 0 aromatic rings. The van der Waals surface area contributed by atoms with Crippen molar-refractivity contribution in [2.24, 2.45) is 11.8 Å². The number of carboxylic acids is 1. The Balaban J connectivity index is 0.00000400. The third-order valence-corrected chi connectivity index (χ3v) is 2.87. The minimum atomic E-state index is -1.10. The number of ether oxygens (including phenoxy) is 2. The van der Waals surface area contributed by atoms with E-state index in [9.17, 15) is 9.59 Å². The van der Waals surface area contributed by atoms with Crippen LogP contribution >= 0.6 is 0 Å². The largest absolute Gasteiger partial charge is 0.479 e. The number of carbonyl (C=O) groups is 2. The zero-order valence-corrected chi connectivity index (χ0v) is 15.6. The smallest absolute Gasteiger partial charge is 0.336 e. The van der Waals surface area contributed by atoms with Crippen LogP contribution in [-0.4, -0.2) is 78.0 Å². The molecular formula is C14H25NNaO5. The van der Waals surface area contributed by atoms with Gasteiger partial charge in [-0.15, -0.1) is 0 Å². The molecule has 1 radical (unpaired) electrons. The Morgan fingerprint density at radius 3 is 2.19 bits per heavy atom. The van der Waals surface area contributed by atoms with Crippen LogP contribution in [0.25, 0.3) is 0 Å². The topological polar surface area (TPSA) is 88.2 Å². The average Bonchev–Trinajstić information content (AvgIpc) is 3.06. The first kappa shape index (κ1) is 20.9. The number of carboxylic acid groups (broad SMARTS) is 1. The average molecular weight is 310 g/mol. The van der Waals surface area contributed by atoms with Crippen LogP contribution in [0.3, 0.4) is 0 Å². The molecule has 1 saturated heterocycles. The van der Waals surface area contributed by atoms with Gasteiger partial charge in [-0.2, -0.15) is 0 Å². The van der Waals surface area contributed by atoms with E-state index in [1.807, 2.05) is 0 Å². The summed E-state index contributed by atoms with van der Waals surface area (Å²) >= 11 is 0. The second kappa shape index (κ2) is 9.79. The molecule has 21 heavy (non-hydrogen) atoms. The van der Waals surface area contributed by atoms with Gasteiger partial charge >= 0.3 is 5.97 Å².